The Balaban J connectivity index is 2.33. The van der Waals surface area contributed by atoms with Gasteiger partial charge in [-0.3, -0.25) is 0 Å². The fourth-order valence-electron chi connectivity index (χ4n) is 2.76. The van der Waals surface area contributed by atoms with Crippen molar-refractivity contribution in [2.24, 2.45) is 5.92 Å². The maximum atomic E-state index is 13.0. The summed E-state index contributed by atoms with van der Waals surface area (Å²) < 4.78 is 27.6. The minimum atomic E-state index is -3.79. The number of aliphatic hydroxyl groups excluding tert-OH is 1. The van der Waals surface area contributed by atoms with E-state index in [1.165, 1.54) is 4.31 Å². The van der Waals surface area contributed by atoms with Gasteiger partial charge in [-0.2, -0.15) is 4.31 Å². The molecule has 1 heterocycles. The highest BCUT2D eigenvalue weighted by molar-refractivity contribution is 9.10. The molecule has 0 bridgehead atoms. The summed E-state index contributed by atoms with van der Waals surface area (Å²) in [6, 6.07) is 5.06. The van der Waals surface area contributed by atoms with Gasteiger partial charge in [0.1, 0.15) is 0 Å². The van der Waals surface area contributed by atoms with Gasteiger partial charge < -0.3 is 15.1 Å². The van der Waals surface area contributed by atoms with Crippen molar-refractivity contribution in [3.8, 4) is 0 Å². The minimum Gasteiger partial charge on any atom is -0.479 e. The van der Waals surface area contributed by atoms with Gasteiger partial charge in [0.2, 0.25) is 10.0 Å². The average molecular weight is 421 g/mol. The zero-order valence-electron chi connectivity index (χ0n) is 13.5. The number of halogens is 1. The summed E-state index contributed by atoms with van der Waals surface area (Å²) in [4.78, 5) is 12.9. The summed E-state index contributed by atoms with van der Waals surface area (Å²) >= 11 is 3.28. The van der Waals surface area contributed by atoms with Crippen LogP contribution in [-0.4, -0.2) is 62.2 Å². The molecule has 1 aliphatic rings. The summed E-state index contributed by atoms with van der Waals surface area (Å²) in [6.45, 7) is 0.304. The van der Waals surface area contributed by atoms with E-state index in [9.17, 15) is 18.3 Å². The molecule has 134 valence electrons. The first-order chi connectivity index (χ1) is 11.1. The SMILES string of the molecule is CN(C)c1ccc(Br)c(S(=O)(=O)N2CCCC(C(O)C(=O)O)C2)c1. The number of carboxylic acid groups (broad SMARTS) is 1. The Labute approximate surface area is 150 Å². The molecule has 2 N–H and O–H groups in total. The van der Waals surface area contributed by atoms with Gasteiger partial charge in [-0.05, 0) is 47.0 Å². The summed E-state index contributed by atoms with van der Waals surface area (Å²) in [7, 11) is -0.147. The van der Waals surface area contributed by atoms with Gasteiger partial charge in [-0.15, -0.1) is 0 Å². The summed E-state index contributed by atoms with van der Waals surface area (Å²) in [5.41, 5.74) is 0.746. The molecule has 0 saturated carbocycles. The number of hydrogen-bond acceptors (Lipinski definition) is 5. The molecule has 0 amide bonds. The highest BCUT2D eigenvalue weighted by Gasteiger charge is 2.36. The number of aliphatic hydroxyl groups is 1. The fourth-order valence-corrected chi connectivity index (χ4v) is 5.24. The zero-order chi connectivity index (χ0) is 18.1. The van der Waals surface area contributed by atoms with Crippen molar-refractivity contribution in [1.82, 2.24) is 4.31 Å². The number of benzene rings is 1. The van der Waals surface area contributed by atoms with E-state index in [1.54, 1.807) is 23.1 Å². The molecule has 0 aromatic heterocycles. The molecule has 7 nitrogen and oxygen atoms in total. The van der Waals surface area contributed by atoms with E-state index in [0.29, 0.717) is 23.9 Å². The molecule has 1 aromatic carbocycles. The van der Waals surface area contributed by atoms with Gasteiger partial charge >= 0.3 is 5.97 Å². The van der Waals surface area contributed by atoms with E-state index in [2.05, 4.69) is 15.9 Å². The lowest BCUT2D eigenvalue weighted by Crippen LogP contribution is -2.45. The molecule has 0 aliphatic carbocycles. The normalized spacial score (nSPS) is 20.6. The van der Waals surface area contributed by atoms with Crippen LogP contribution in [0.2, 0.25) is 0 Å². The molecule has 0 radical (unpaired) electrons. The maximum absolute atomic E-state index is 13.0. The maximum Gasteiger partial charge on any atom is 0.332 e. The lowest BCUT2D eigenvalue weighted by molar-refractivity contribution is -0.150. The topological polar surface area (TPSA) is 98.2 Å². The van der Waals surface area contributed by atoms with Gasteiger partial charge in [0.15, 0.2) is 6.10 Å². The largest absolute Gasteiger partial charge is 0.479 e. The second-order valence-corrected chi connectivity index (χ2v) is 8.82. The first kappa shape index (κ1) is 19.2. The van der Waals surface area contributed by atoms with Gasteiger partial charge in [-0.25, -0.2) is 13.2 Å². The van der Waals surface area contributed by atoms with Crippen molar-refractivity contribution in [2.45, 2.75) is 23.8 Å². The Bertz CT molecular complexity index is 723. The predicted octanol–water partition coefficient (Wildman–Crippen LogP) is 1.36. The van der Waals surface area contributed by atoms with Crippen molar-refractivity contribution in [1.29, 1.82) is 0 Å². The van der Waals surface area contributed by atoms with E-state index in [0.717, 1.165) is 5.69 Å². The Morgan fingerprint density at radius 1 is 1.42 bits per heavy atom. The molecule has 1 fully saturated rings. The van der Waals surface area contributed by atoms with Crippen LogP contribution in [0.25, 0.3) is 0 Å². The number of aliphatic carboxylic acids is 1. The third kappa shape index (κ3) is 3.90. The average Bonchev–Trinajstić information content (AvgIpc) is 2.54. The molecule has 9 heteroatoms. The molecule has 1 aromatic rings. The second kappa shape index (κ2) is 7.38. The van der Waals surface area contributed by atoms with Crippen LogP contribution in [0.3, 0.4) is 0 Å². The van der Waals surface area contributed by atoms with Crippen LogP contribution in [0.1, 0.15) is 12.8 Å². The molecule has 1 aliphatic heterocycles. The summed E-state index contributed by atoms with van der Waals surface area (Å²) in [6.07, 6.45) is -0.558. The minimum absolute atomic E-state index is 0.00552. The van der Waals surface area contributed by atoms with Gasteiger partial charge in [0.05, 0.1) is 4.90 Å². The summed E-state index contributed by atoms with van der Waals surface area (Å²) in [5.74, 6) is -1.93. The van der Waals surface area contributed by atoms with Crippen molar-refractivity contribution >= 4 is 37.6 Å². The lowest BCUT2D eigenvalue weighted by Gasteiger charge is -2.33. The third-order valence-corrected chi connectivity index (χ3v) is 7.03. The van der Waals surface area contributed by atoms with Crippen molar-refractivity contribution in [2.75, 3.05) is 32.1 Å². The molecule has 2 atom stereocenters. The number of carboxylic acids is 1. The van der Waals surface area contributed by atoms with Crippen LogP contribution >= 0.6 is 15.9 Å². The first-order valence-corrected chi connectivity index (χ1v) is 9.76. The number of piperidine rings is 1. The Hall–Kier alpha value is -1.16. The van der Waals surface area contributed by atoms with Crippen molar-refractivity contribution < 1.29 is 23.4 Å². The molecule has 0 spiro atoms. The smallest absolute Gasteiger partial charge is 0.332 e. The lowest BCUT2D eigenvalue weighted by atomic mass is 9.94. The van der Waals surface area contributed by atoms with Crippen LogP contribution in [0.15, 0.2) is 27.6 Å². The number of nitrogens with zero attached hydrogens (tertiary/aromatic N) is 2. The summed E-state index contributed by atoms with van der Waals surface area (Å²) in [5, 5.41) is 18.7. The van der Waals surface area contributed by atoms with Gasteiger partial charge in [0, 0.05) is 43.3 Å². The highest BCUT2D eigenvalue weighted by Crippen LogP contribution is 2.32. The van der Waals surface area contributed by atoms with E-state index < -0.39 is 28.0 Å². The standard InChI is InChI=1S/C15H21BrN2O5S/c1-17(2)11-5-6-12(16)13(8-11)24(22,23)18-7-3-4-10(9-18)14(19)15(20)21/h5-6,8,10,14,19H,3-4,7,9H2,1-2H3,(H,20,21). The molecule has 1 saturated heterocycles. The van der Waals surface area contributed by atoms with Crippen LogP contribution < -0.4 is 4.90 Å². The Morgan fingerprint density at radius 2 is 2.08 bits per heavy atom. The highest BCUT2D eigenvalue weighted by atomic mass is 79.9. The van der Waals surface area contributed by atoms with E-state index in [4.69, 9.17) is 5.11 Å². The van der Waals surface area contributed by atoms with Crippen molar-refractivity contribution in [3.63, 3.8) is 0 Å². The van der Waals surface area contributed by atoms with Crippen molar-refractivity contribution in [3.05, 3.63) is 22.7 Å². The number of carbonyl (C=O) groups is 1. The fraction of sp³-hybridized carbons (Fsp3) is 0.533. The third-order valence-electron chi connectivity index (χ3n) is 4.17. The number of hydrogen-bond donors (Lipinski definition) is 2. The second-order valence-electron chi connectivity index (χ2n) is 6.06. The quantitative estimate of drug-likeness (QED) is 0.745. The van der Waals surface area contributed by atoms with E-state index in [-0.39, 0.29) is 11.4 Å². The molecule has 24 heavy (non-hydrogen) atoms. The number of rotatable bonds is 5. The first-order valence-electron chi connectivity index (χ1n) is 7.52. The zero-order valence-corrected chi connectivity index (χ0v) is 15.9. The molecule has 2 rings (SSSR count). The van der Waals surface area contributed by atoms with Crippen LogP contribution in [0.5, 0.6) is 0 Å². The predicted molar refractivity (Wildman–Crippen MR) is 93.6 cm³/mol. The van der Waals surface area contributed by atoms with Crippen LogP contribution in [-0.2, 0) is 14.8 Å². The van der Waals surface area contributed by atoms with Crippen LogP contribution in [0.4, 0.5) is 5.69 Å². The Morgan fingerprint density at radius 3 is 2.67 bits per heavy atom. The number of anilines is 1. The Kier molecular flexibility index (Phi) is 5.90. The molecular formula is C15H21BrN2O5S. The molecular weight excluding hydrogens is 400 g/mol. The van der Waals surface area contributed by atoms with E-state index in [1.807, 2.05) is 14.1 Å². The van der Waals surface area contributed by atoms with E-state index >= 15 is 0 Å². The van der Waals surface area contributed by atoms with Gasteiger partial charge in [0.25, 0.3) is 0 Å². The van der Waals surface area contributed by atoms with Gasteiger partial charge in [-0.1, -0.05) is 0 Å². The van der Waals surface area contributed by atoms with Crippen LogP contribution in [0, 0.1) is 5.92 Å². The molecule has 2 unspecified atom stereocenters. The number of sulfonamides is 1. The monoisotopic (exact) mass is 420 g/mol.